The summed E-state index contributed by atoms with van der Waals surface area (Å²) in [5, 5.41) is 0. The van der Waals surface area contributed by atoms with Gasteiger partial charge in [-0.2, -0.15) is 0 Å². The van der Waals surface area contributed by atoms with Crippen molar-refractivity contribution in [1.29, 1.82) is 0 Å². The molecule has 2 unspecified atom stereocenters. The van der Waals surface area contributed by atoms with Crippen LogP contribution in [0.25, 0.3) is 0 Å². The van der Waals surface area contributed by atoms with Crippen LogP contribution in [0.1, 0.15) is 40.0 Å². The van der Waals surface area contributed by atoms with Crippen molar-refractivity contribution in [3.05, 3.63) is 12.7 Å². The van der Waals surface area contributed by atoms with E-state index in [0.717, 1.165) is 5.92 Å². The topological polar surface area (TPSA) is 0 Å². The molecule has 0 aliphatic heterocycles. The van der Waals surface area contributed by atoms with Gasteiger partial charge in [0.25, 0.3) is 0 Å². The van der Waals surface area contributed by atoms with Gasteiger partial charge in [0, 0.05) is 0 Å². The zero-order valence-corrected chi connectivity index (χ0v) is 8.06. The lowest BCUT2D eigenvalue weighted by Gasteiger charge is -2.26. The SMILES string of the molecule is C=CC(C)C(CC)C1(C)CC1. The number of allylic oxidation sites excluding steroid dienone is 1. The van der Waals surface area contributed by atoms with E-state index in [1.807, 2.05) is 0 Å². The van der Waals surface area contributed by atoms with Gasteiger partial charge in [-0.1, -0.05) is 33.3 Å². The first-order chi connectivity index (χ1) is 5.14. The molecule has 0 amide bonds. The minimum absolute atomic E-state index is 0.669. The van der Waals surface area contributed by atoms with Crippen molar-refractivity contribution >= 4 is 0 Å². The molecule has 0 bridgehead atoms. The molecule has 0 heteroatoms. The average molecular weight is 152 g/mol. The minimum atomic E-state index is 0.669. The van der Waals surface area contributed by atoms with Crippen LogP contribution in [0.2, 0.25) is 0 Å². The van der Waals surface area contributed by atoms with E-state index in [-0.39, 0.29) is 0 Å². The van der Waals surface area contributed by atoms with Crippen LogP contribution < -0.4 is 0 Å². The minimum Gasteiger partial charge on any atom is -0.103 e. The second-order valence-electron chi connectivity index (χ2n) is 4.26. The Morgan fingerprint density at radius 1 is 1.55 bits per heavy atom. The molecule has 2 atom stereocenters. The van der Waals surface area contributed by atoms with Crippen molar-refractivity contribution in [3.8, 4) is 0 Å². The van der Waals surface area contributed by atoms with Crippen LogP contribution in [0.5, 0.6) is 0 Å². The van der Waals surface area contributed by atoms with Crippen LogP contribution in [0.4, 0.5) is 0 Å². The number of hydrogen-bond acceptors (Lipinski definition) is 0. The largest absolute Gasteiger partial charge is 0.103 e. The summed E-state index contributed by atoms with van der Waals surface area (Å²) in [7, 11) is 0. The third-order valence-electron chi connectivity index (χ3n) is 3.38. The second-order valence-corrected chi connectivity index (χ2v) is 4.26. The highest BCUT2D eigenvalue weighted by Gasteiger charge is 2.44. The Hall–Kier alpha value is -0.260. The van der Waals surface area contributed by atoms with Gasteiger partial charge in [0.1, 0.15) is 0 Å². The van der Waals surface area contributed by atoms with Gasteiger partial charge in [0.05, 0.1) is 0 Å². The fourth-order valence-electron chi connectivity index (χ4n) is 2.23. The normalized spacial score (nSPS) is 25.7. The molecule has 64 valence electrons. The molecule has 1 rings (SSSR count). The molecule has 0 radical (unpaired) electrons. The quantitative estimate of drug-likeness (QED) is 0.539. The van der Waals surface area contributed by atoms with Crippen molar-refractivity contribution in [3.63, 3.8) is 0 Å². The van der Waals surface area contributed by atoms with Gasteiger partial charge in [0.15, 0.2) is 0 Å². The molecule has 0 aromatic carbocycles. The molecular formula is C11H20. The van der Waals surface area contributed by atoms with E-state index in [1.54, 1.807) is 0 Å². The third-order valence-corrected chi connectivity index (χ3v) is 3.38. The summed E-state index contributed by atoms with van der Waals surface area (Å²) in [6.45, 7) is 10.9. The zero-order chi connectivity index (χ0) is 8.48. The maximum absolute atomic E-state index is 3.87. The molecule has 1 aliphatic carbocycles. The molecule has 0 N–H and O–H groups in total. The predicted octanol–water partition coefficient (Wildman–Crippen LogP) is 3.63. The standard InChI is InChI=1S/C11H20/c1-5-9(3)10(6-2)11(4)7-8-11/h5,9-10H,1,6-8H2,2-4H3. The van der Waals surface area contributed by atoms with Gasteiger partial charge in [-0.25, -0.2) is 0 Å². The van der Waals surface area contributed by atoms with Crippen molar-refractivity contribution < 1.29 is 0 Å². The van der Waals surface area contributed by atoms with E-state index in [9.17, 15) is 0 Å². The molecule has 1 aliphatic rings. The van der Waals surface area contributed by atoms with E-state index >= 15 is 0 Å². The third kappa shape index (κ3) is 1.66. The van der Waals surface area contributed by atoms with Crippen molar-refractivity contribution in [2.75, 3.05) is 0 Å². The fraction of sp³-hybridized carbons (Fsp3) is 0.818. The first-order valence-electron chi connectivity index (χ1n) is 4.76. The first kappa shape index (κ1) is 8.83. The Bertz CT molecular complexity index is 142. The van der Waals surface area contributed by atoms with Crippen LogP contribution in [0.3, 0.4) is 0 Å². The van der Waals surface area contributed by atoms with E-state index < -0.39 is 0 Å². The Balaban J connectivity index is 2.55. The van der Waals surface area contributed by atoms with Crippen LogP contribution in [0, 0.1) is 17.3 Å². The highest BCUT2D eigenvalue weighted by molar-refractivity contribution is 4.99. The summed E-state index contributed by atoms with van der Waals surface area (Å²) in [6, 6.07) is 0. The smallest absolute Gasteiger partial charge is 0.0231 e. The van der Waals surface area contributed by atoms with Crippen molar-refractivity contribution in [1.82, 2.24) is 0 Å². The molecular weight excluding hydrogens is 132 g/mol. The Labute approximate surface area is 70.7 Å². The fourth-order valence-corrected chi connectivity index (χ4v) is 2.23. The summed E-state index contributed by atoms with van der Waals surface area (Å²) in [5.41, 5.74) is 0.669. The van der Waals surface area contributed by atoms with E-state index in [1.165, 1.54) is 19.3 Å². The van der Waals surface area contributed by atoms with Crippen LogP contribution in [-0.4, -0.2) is 0 Å². The van der Waals surface area contributed by atoms with Gasteiger partial charge >= 0.3 is 0 Å². The van der Waals surface area contributed by atoms with Gasteiger partial charge < -0.3 is 0 Å². The van der Waals surface area contributed by atoms with Gasteiger partial charge in [0.2, 0.25) is 0 Å². The predicted molar refractivity (Wildman–Crippen MR) is 50.5 cm³/mol. The maximum Gasteiger partial charge on any atom is -0.0231 e. The van der Waals surface area contributed by atoms with Gasteiger partial charge in [-0.3, -0.25) is 0 Å². The molecule has 0 aromatic rings. The lowest BCUT2D eigenvalue weighted by Crippen LogP contribution is -2.18. The summed E-state index contributed by atoms with van der Waals surface area (Å²) in [6.07, 6.45) is 6.29. The molecule has 11 heavy (non-hydrogen) atoms. The molecule has 0 aromatic heterocycles. The summed E-state index contributed by atoms with van der Waals surface area (Å²) in [4.78, 5) is 0. The van der Waals surface area contributed by atoms with Crippen molar-refractivity contribution in [2.24, 2.45) is 17.3 Å². The molecule has 0 saturated heterocycles. The van der Waals surface area contributed by atoms with Crippen LogP contribution in [0.15, 0.2) is 12.7 Å². The molecule has 1 fully saturated rings. The monoisotopic (exact) mass is 152 g/mol. The molecule has 0 nitrogen and oxygen atoms in total. The lowest BCUT2D eigenvalue weighted by molar-refractivity contribution is 0.263. The summed E-state index contributed by atoms with van der Waals surface area (Å²) >= 11 is 0. The maximum atomic E-state index is 3.87. The summed E-state index contributed by atoms with van der Waals surface area (Å²) in [5.74, 6) is 1.58. The first-order valence-corrected chi connectivity index (χ1v) is 4.76. The van der Waals surface area contributed by atoms with E-state index in [2.05, 4.69) is 33.4 Å². The van der Waals surface area contributed by atoms with Gasteiger partial charge in [-0.05, 0) is 30.1 Å². The Morgan fingerprint density at radius 2 is 2.09 bits per heavy atom. The van der Waals surface area contributed by atoms with Crippen LogP contribution in [-0.2, 0) is 0 Å². The second kappa shape index (κ2) is 3.00. The lowest BCUT2D eigenvalue weighted by atomic mass is 9.79. The highest BCUT2D eigenvalue weighted by Crippen LogP contribution is 2.55. The van der Waals surface area contributed by atoms with Gasteiger partial charge in [-0.15, -0.1) is 6.58 Å². The Morgan fingerprint density at radius 3 is 2.36 bits per heavy atom. The number of rotatable bonds is 4. The Kier molecular flexibility index (Phi) is 2.41. The number of hydrogen-bond donors (Lipinski definition) is 0. The van der Waals surface area contributed by atoms with E-state index in [0.29, 0.717) is 11.3 Å². The summed E-state index contributed by atoms with van der Waals surface area (Å²) < 4.78 is 0. The van der Waals surface area contributed by atoms with E-state index in [4.69, 9.17) is 0 Å². The molecule has 0 heterocycles. The zero-order valence-electron chi connectivity index (χ0n) is 8.06. The van der Waals surface area contributed by atoms with Crippen LogP contribution >= 0.6 is 0 Å². The molecule has 0 spiro atoms. The average Bonchev–Trinajstić information content (AvgIpc) is 2.70. The van der Waals surface area contributed by atoms with Crippen molar-refractivity contribution in [2.45, 2.75) is 40.0 Å². The molecule has 1 saturated carbocycles. The highest BCUT2D eigenvalue weighted by atomic mass is 14.5.